The van der Waals surface area contributed by atoms with Crippen LogP contribution in [0.5, 0.6) is 0 Å². The van der Waals surface area contributed by atoms with E-state index >= 15 is 0 Å². The zero-order valence-corrected chi connectivity index (χ0v) is 9.96. The maximum Gasteiger partial charge on any atom is 0.101 e. The molecule has 82 valence electrons. The summed E-state index contributed by atoms with van der Waals surface area (Å²) in [6.45, 7) is 0. The quantitative estimate of drug-likeness (QED) is 0.867. The Bertz CT molecular complexity index is 593. The molecule has 0 saturated carbocycles. The predicted molar refractivity (Wildman–Crippen MR) is 65.3 cm³/mol. The number of rotatable bonds is 2. The zero-order chi connectivity index (χ0) is 11.6. The van der Waals surface area contributed by atoms with Gasteiger partial charge in [0.1, 0.15) is 9.73 Å². The third kappa shape index (κ3) is 2.10. The van der Waals surface area contributed by atoms with Crippen LogP contribution in [-0.4, -0.2) is 4.21 Å². The molecule has 2 nitrogen and oxygen atoms in total. The molecule has 0 amide bonds. The fraction of sp³-hybridized carbons (Fsp3) is 0. The van der Waals surface area contributed by atoms with Gasteiger partial charge in [-0.15, -0.1) is 0 Å². The summed E-state index contributed by atoms with van der Waals surface area (Å²) in [5.74, 6) is 0. The molecule has 16 heavy (non-hydrogen) atoms. The van der Waals surface area contributed by atoms with E-state index < -0.39 is 9.73 Å². The molecule has 0 fully saturated rings. The molecule has 0 heterocycles. The largest absolute Gasteiger partial charge is 0.245 e. The van der Waals surface area contributed by atoms with E-state index in [0.29, 0.717) is 14.8 Å². The molecule has 0 aliphatic rings. The van der Waals surface area contributed by atoms with E-state index in [9.17, 15) is 4.21 Å². The molecular weight excluding hydrogens is 242 g/mol. The lowest BCUT2D eigenvalue weighted by atomic mass is 10.4. The highest BCUT2D eigenvalue weighted by Gasteiger charge is 2.12. The Kier molecular flexibility index (Phi) is 2.99. The van der Waals surface area contributed by atoms with Gasteiger partial charge in [-0.25, -0.2) is 8.99 Å². The SMILES string of the molecule is N=S(=O)(c1ccccc1)c1cccc(Cl)c1. The van der Waals surface area contributed by atoms with E-state index in [0.717, 1.165) is 0 Å². The van der Waals surface area contributed by atoms with Crippen LogP contribution in [0.4, 0.5) is 0 Å². The minimum atomic E-state index is -2.95. The van der Waals surface area contributed by atoms with Crippen molar-refractivity contribution in [3.8, 4) is 0 Å². The summed E-state index contributed by atoms with van der Waals surface area (Å²) in [5.41, 5.74) is 0. The van der Waals surface area contributed by atoms with E-state index in [1.165, 1.54) is 0 Å². The van der Waals surface area contributed by atoms with Gasteiger partial charge in [0, 0.05) is 5.02 Å². The number of hydrogen-bond donors (Lipinski definition) is 1. The molecule has 1 atom stereocenters. The smallest absolute Gasteiger partial charge is 0.101 e. The minimum absolute atomic E-state index is 0.436. The Hall–Kier alpha value is -1.32. The summed E-state index contributed by atoms with van der Waals surface area (Å²) in [6, 6.07) is 15.4. The first-order valence-electron chi connectivity index (χ1n) is 4.70. The molecule has 0 bridgehead atoms. The lowest BCUT2D eigenvalue weighted by molar-refractivity contribution is 0.674. The molecule has 0 radical (unpaired) electrons. The summed E-state index contributed by atoms with van der Waals surface area (Å²) in [5, 5.41) is 0.494. The van der Waals surface area contributed by atoms with Crippen LogP contribution in [0, 0.1) is 4.78 Å². The summed E-state index contributed by atoms with van der Waals surface area (Å²) >= 11 is 5.83. The number of hydrogen-bond acceptors (Lipinski definition) is 2. The first-order chi connectivity index (χ1) is 7.60. The highest BCUT2D eigenvalue weighted by Crippen LogP contribution is 2.23. The Balaban J connectivity index is 2.56. The van der Waals surface area contributed by atoms with Crippen molar-refractivity contribution in [3.63, 3.8) is 0 Å². The van der Waals surface area contributed by atoms with Gasteiger partial charge in [0.05, 0.1) is 9.79 Å². The lowest BCUT2D eigenvalue weighted by Gasteiger charge is -2.07. The fourth-order valence-electron chi connectivity index (χ4n) is 1.39. The average molecular weight is 252 g/mol. The molecule has 1 N–H and O–H groups in total. The zero-order valence-electron chi connectivity index (χ0n) is 8.39. The third-order valence-corrected chi connectivity index (χ3v) is 4.29. The van der Waals surface area contributed by atoms with Crippen LogP contribution < -0.4 is 0 Å². The highest BCUT2D eigenvalue weighted by atomic mass is 35.5. The van der Waals surface area contributed by atoms with Crippen LogP contribution in [0.15, 0.2) is 64.4 Å². The van der Waals surface area contributed by atoms with Gasteiger partial charge in [-0.05, 0) is 30.3 Å². The molecule has 0 aliphatic heterocycles. The van der Waals surface area contributed by atoms with Crippen molar-refractivity contribution >= 4 is 21.3 Å². The van der Waals surface area contributed by atoms with Crippen molar-refractivity contribution in [3.05, 3.63) is 59.6 Å². The maximum atomic E-state index is 12.3. The van der Waals surface area contributed by atoms with Crippen LogP contribution >= 0.6 is 11.6 Å². The van der Waals surface area contributed by atoms with Crippen LogP contribution in [0.25, 0.3) is 0 Å². The van der Waals surface area contributed by atoms with Gasteiger partial charge in [-0.1, -0.05) is 35.9 Å². The van der Waals surface area contributed by atoms with Crippen molar-refractivity contribution in [2.24, 2.45) is 0 Å². The number of nitrogens with one attached hydrogen (secondary N) is 1. The second-order valence-electron chi connectivity index (χ2n) is 3.33. The van der Waals surface area contributed by atoms with Gasteiger partial charge in [-0.2, -0.15) is 0 Å². The van der Waals surface area contributed by atoms with Gasteiger partial charge in [0.25, 0.3) is 0 Å². The van der Waals surface area contributed by atoms with Crippen molar-refractivity contribution in [1.29, 1.82) is 4.78 Å². The van der Waals surface area contributed by atoms with Crippen molar-refractivity contribution < 1.29 is 4.21 Å². The van der Waals surface area contributed by atoms with Gasteiger partial charge in [-0.3, -0.25) is 0 Å². The van der Waals surface area contributed by atoms with Crippen LogP contribution in [0.1, 0.15) is 0 Å². The molecule has 2 aromatic rings. The van der Waals surface area contributed by atoms with Crippen LogP contribution in [-0.2, 0) is 9.73 Å². The first kappa shape index (κ1) is 11.2. The van der Waals surface area contributed by atoms with Gasteiger partial charge < -0.3 is 0 Å². The standard InChI is InChI=1S/C12H10ClNOS/c13-10-5-4-8-12(9-10)16(14,15)11-6-2-1-3-7-11/h1-9,14H. The van der Waals surface area contributed by atoms with E-state index in [-0.39, 0.29) is 0 Å². The van der Waals surface area contributed by atoms with Gasteiger partial charge >= 0.3 is 0 Å². The van der Waals surface area contributed by atoms with E-state index in [4.69, 9.17) is 16.4 Å². The monoisotopic (exact) mass is 251 g/mol. The molecule has 1 unspecified atom stereocenters. The molecular formula is C12H10ClNOS. The van der Waals surface area contributed by atoms with Crippen molar-refractivity contribution in [2.45, 2.75) is 9.79 Å². The number of benzene rings is 2. The Morgan fingerprint density at radius 3 is 2.19 bits per heavy atom. The maximum absolute atomic E-state index is 12.3. The van der Waals surface area contributed by atoms with Gasteiger partial charge in [0.2, 0.25) is 0 Å². The fourth-order valence-corrected chi connectivity index (χ4v) is 3.02. The number of halogens is 1. The minimum Gasteiger partial charge on any atom is -0.245 e. The second kappa shape index (κ2) is 4.28. The summed E-state index contributed by atoms with van der Waals surface area (Å²) in [7, 11) is -2.95. The molecule has 2 rings (SSSR count). The normalized spacial score (nSPS) is 14.3. The Morgan fingerprint density at radius 1 is 0.938 bits per heavy atom. The second-order valence-corrected chi connectivity index (χ2v) is 5.82. The predicted octanol–water partition coefficient (Wildman–Crippen LogP) is 3.80. The van der Waals surface area contributed by atoms with Crippen LogP contribution in [0.3, 0.4) is 0 Å². The van der Waals surface area contributed by atoms with Gasteiger partial charge in [0.15, 0.2) is 0 Å². The third-order valence-electron chi connectivity index (χ3n) is 2.20. The lowest BCUT2D eigenvalue weighted by Crippen LogP contribution is -1.99. The highest BCUT2D eigenvalue weighted by molar-refractivity contribution is 7.92. The van der Waals surface area contributed by atoms with E-state index in [1.807, 2.05) is 6.07 Å². The topological polar surface area (TPSA) is 40.9 Å². The summed E-state index contributed by atoms with van der Waals surface area (Å²) < 4.78 is 20.3. The molecule has 0 saturated heterocycles. The molecule has 0 spiro atoms. The Labute approximate surface area is 99.9 Å². The summed E-state index contributed by atoms with van der Waals surface area (Å²) in [4.78, 5) is 0.934. The molecule has 0 aromatic heterocycles. The molecule has 0 aliphatic carbocycles. The average Bonchev–Trinajstić information content (AvgIpc) is 2.30. The van der Waals surface area contributed by atoms with Crippen LogP contribution in [0.2, 0.25) is 5.02 Å². The molecule has 4 heteroatoms. The van der Waals surface area contributed by atoms with Crippen molar-refractivity contribution in [2.75, 3.05) is 0 Å². The first-order valence-corrected chi connectivity index (χ1v) is 6.64. The van der Waals surface area contributed by atoms with E-state index in [1.54, 1.807) is 48.5 Å². The summed E-state index contributed by atoms with van der Waals surface area (Å²) in [6.07, 6.45) is 0. The van der Waals surface area contributed by atoms with E-state index in [2.05, 4.69) is 0 Å². The molecule has 2 aromatic carbocycles. The Morgan fingerprint density at radius 2 is 1.56 bits per heavy atom. The van der Waals surface area contributed by atoms with Crippen molar-refractivity contribution in [1.82, 2.24) is 0 Å².